The summed E-state index contributed by atoms with van der Waals surface area (Å²) >= 11 is 0. The molecule has 0 aromatic heterocycles. The second-order valence-corrected chi connectivity index (χ2v) is 6.72. The summed E-state index contributed by atoms with van der Waals surface area (Å²) in [6.07, 6.45) is -1.73. The number of aliphatic hydroxyl groups excluding tert-OH is 1. The van der Waals surface area contributed by atoms with Crippen LogP contribution >= 0.6 is 0 Å². The van der Waals surface area contributed by atoms with Crippen molar-refractivity contribution in [3.8, 4) is 0 Å². The molecule has 0 bridgehead atoms. The third-order valence-corrected chi connectivity index (χ3v) is 4.94. The number of nitrogens with one attached hydrogen (secondary N) is 1. The van der Waals surface area contributed by atoms with E-state index in [4.69, 9.17) is 14.2 Å². The number of ether oxygens (including phenoxy) is 3. The highest BCUT2D eigenvalue weighted by atomic mass is 16.6. The Kier molecular flexibility index (Phi) is 5.16. The van der Waals surface area contributed by atoms with Crippen LogP contribution in [0.5, 0.6) is 0 Å². The minimum Gasteiger partial charge on any atom is -0.475 e. The van der Waals surface area contributed by atoms with E-state index in [2.05, 4.69) is 5.32 Å². The number of carbonyl (C=O) groups is 3. The number of esters is 2. The molecule has 0 spiro atoms. The number of amides is 1. The Balaban J connectivity index is 2.15. The SMILES string of the molecule is CCOC(=O)C1=C(C)O[C@@](C(=O)OCC)([C@H]2C(=O)Nc3ccc(C)cc32)[C@H]1O. The molecule has 1 amide bonds. The molecule has 3 atom stereocenters. The van der Waals surface area contributed by atoms with Gasteiger partial charge in [-0.05, 0) is 39.3 Å². The summed E-state index contributed by atoms with van der Waals surface area (Å²) in [7, 11) is 0. The van der Waals surface area contributed by atoms with Crippen LogP contribution in [-0.2, 0) is 28.6 Å². The first-order valence-corrected chi connectivity index (χ1v) is 9.11. The van der Waals surface area contributed by atoms with Crippen LogP contribution in [0.1, 0.15) is 37.8 Å². The number of allylic oxidation sites excluding steroid dienone is 1. The molecular weight excluding hydrogens is 366 g/mol. The van der Waals surface area contributed by atoms with Gasteiger partial charge in [-0.25, -0.2) is 9.59 Å². The monoisotopic (exact) mass is 389 g/mol. The average Bonchev–Trinajstić information content (AvgIpc) is 3.08. The van der Waals surface area contributed by atoms with E-state index in [9.17, 15) is 19.5 Å². The van der Waals surface area contributed by atoms with E-state index in [0.717, 1.165) is 5.56 Å². The molecule has 1 aromatic rings. The lowest BCUT2D eigenvalue weighted by molar-refractivity contribution is -0.178. The topological polar surface area (TPSA) is 111 Å². The van der Waals surface area contributed by atoms with E-state index in [1.807, 2.05) is 13.0 Å². The molecule has 0 unspecified atom stereocenters. The fourth-order valence-corrected chi connectivity index (χ4v) is 3.77. The fraction of sp³-hybridized carbons (Fsp3) is 0.450. The van der Waals surface area contributed by atoms with Crippen LogP contribution in [0.25, 0.3) is 0 Å². The molecule has 2 N–H and O–H groups in total. The van der Waals surface area contributed by atoms with Crippen molar-refractivity contribution in [3.63, 3.8) is 0 Å². The molecule has 28 heavy (non-hydrogen) atoms. The van der Waals surface area contributed by atoms with Crippen LogP contribution in [0, 0.1) is 6.92 Å². The maximum Gasteiger partial charge on any atom is 0.354 e. The highest BCUT2D eigenvalue weighted by Crippen LogP contribution is 2.49. The van der Waals surface area contributed by atoms with Gasteiger partial charge in [0.1, 0.15) is 23.4 Å². The van der Waals surface area contributed by atoms with Crippen molar-refractivity contribution in [1.82, 2.24) is 0 Å². The fourth-order valence-electron chi connectivity index (χ4n) is 3.77. The van der Waals surface area contributed by atoms with Gasteiger partial charge in [0.05, 0.1) is 13.2 Å². The molecule has 2 aliphatic rings. The van der Waals surface area contributed by atoms with Crippen LogP contribution in [0.4, 0.5) is 5.69 Å². The van der Waals surface area contributed by atoms with Crippen LogP contribution in [0.2, 0.25) is 0 Å². The van der Waals surface area contributed by atoms with Crippen LogP contribution < -0.4 is 5.32 Å². The summed E-state index contributed by atoms with van der Waals surface area (Å²) < 4.78 is 15.9. The van der Waals surface area contributed by atoms with Crippen molar-refractivity contribution in [2.24, 2.45) is 0 Å². The normalized spacial score (nSPS) is 25.8. The van der Waals surface area contributed by atoms with Crippen molar-refractivity contribution < 1.29 is 33.7 Å². The lowest BCUT2D eigenvalue weighted by Crippen LogP contribution is -2.56. The third-order valence-electron chi connectivity index (χ3n) is 4.94. The quantitative estimate of drug-likeness (QED) is 0.735. The van der Waals surface area contributed by atoms with Crippen LogP contribution in [0.15, 0.2) is 29.5 Å². The summed E-state index contributed by atoms with van der Waals surface area (Å²) in [5.74, 6) is -3.42. The molecule has 0 fully saturated rings. The molecule has 2 heterocycles. The first kappa shape index (κ1) is 19.9. The van der Waals surface area contributed by atoms with Gasteiger partial charge in [0.2, 0.25) is 5.91 Å². The summed E-state index contributed by atoms with van der Waals surface area (Å²) in [5.41, 5.74) is -0.436. The molecule has 2 aliphatic heterocycles. The van der Waals surface area contributed by atoms with E-state index in [1.54, 1.807) is 26.0 Å². The lowest BCUT2D eigenvalue weighted by Gasteiger charge is -2.34. The van der Waals surface area contributed by atoms with Gasteiger partial charge in [-0.2, -0.15) is 0 Å². The molecule has 0 saturated carbocycles. The zero-order chi connectivity index (χ0) is 20.6. The van der Waals surface area contributed by atoms with Gasteiger partial charge in [-0.3, -0.25) is 4.79 Å². The summed E-state index contributed by atoms with van der Waals surface area (Å²) in [6, 6.07) is 5.28. The molecule has 0 radical (unpaired) electrons. The van der Waals surface area contributed by atoms with Gasteiger partial charge in [0.25, 0.3) is 5.60 Å². The maximum atomic E-state index is 13.0. The van der Waals surface area contributed by atoms with E-state index in [-0.39, 0.29) is 24.5 Å². The Morgan fingerprint density at radius 3 is 2.54 bits per heavy atom. The number of carbonyl (C=O) groups excluding carboxylic acids is 3. The van der Waals surface area contributed by atoms with Crippen molar-refractivity contribution in [1.29, 1.82) is 0 Å². The first-order chi connectivity index (χ1) is 13.3. The van der Waals surface area contributed by atoms with Crippen molar-refractivity contribution in [3.05, 3.63) is 40.7 Å². The number of aliphatic hydroxyl groups is 1. The number of fused-ring (bicyclic) bond motifs is 1. The number of benzene rings is 1. The van der Waals surface area contributed by atoms with Crippen LogP contribution in [-0.4, -0.2) is 47.9 Å². The van der Waals surface area contributed by atoms with E-state index < -0.39 is 35.5 Å². The predicted octanol–water partition coefficient (Wildman–Crippen LogP) is 1.56. The molecule has 1 aromatic carbocycles. The zero-order valence-corrected chi connectivity index (χ0v) is 16.2. The molecule has 8 heteroatoms. The molecule has 3 rings (SSSR count). The smallest absolute Gasteiger partial charge is 0.354 e. The molecule has 0 aliphatic carbocycles. The number of hydrogen-bond donors (Lipinski definition) is 2. The summed E-state index contributed by atoms with van der Waals surface area (Å²) in [6.45, 7) is 6.61. The predicted molar refractivity (Wildman–Crippen MR) is 98.3 cm³/mol. The zero-order valence-electron chi connectivity index (χ0n) is 16.2. The minimum absolute atomic E-state index is 0.0134. The summed E-state index contributed by atoms with van der Waals surface area (Å²) in [4.78, 5) is 38.2. The Morgan fingerprint density at radius 1 is 1.21 bits per heavy atom. The highest BCUT2D eigenvalue weighted by molar-refractivity contribution is 6.08. The van der Waals surface area contributed by atoms with E-state index >= 15 is 0 Å². The Hall–Kier alpha value is -2.87. The van der Waals surface area contributed by atoms with Gasteiger partial charge in [0, 0.05) is 5.69 Å². The molecule has 150 valence electrons. The van der Waals surface area contributed by atoms with Crippen LogP contribution in [0.3, 0.4) is 0 Å². The van der Waals surface area contributed by atoms with Gasteiger partial charge < -0.3 is 24.6 Å². The van der Waals surface area contributed by atoms with Gasteiger partial charge in [-0.15, -0.1) is 0 Å². The summed E-state index contributed by atoms with van der Waals surface area (Å²) in [5, 5.41) is 13.8. The largest absolute Gasteiger partial charge is 0.475 e. The van der Waals surface area contributed by atoms with E-state index in [1.165, 1.54) is 6.92 Å². The van der Waals surface area contributed by atoms with E-state index in [0.29, 0.717) is 11.3 Å². The van der Waals surface area contributed by atoms with Crippen molar-refractivity contribution in [2.45, 2.75) is 45.3 Å². The Morgan fingerprint density at radius 2 is 1.89 bits per heavy atom. The highest BCUT2D eigenvalue weighted by Gasteiger charge is 2.66. The first-order valence-electron chi connectivity index (χ1n) is 9.11. The molecule has 8 nitrogen and oxygen atoms in total. The van der Waals surface area contributed by atoms with Crippen molar-refractivity contribution >= 4 is 23.5 Å². The number of aryl methyl sites for hydroxylation is 1. The second kappa shape index (κ2) is 7.27. The number of rotatable bonds is 5. The second-order valence-electron chi connectivity index (χ2n) is 6.72. The molecular formula is C20H23NO7. The Labute approximate surface area is 162 Å². The lowest BCUT2D eigenvalue weighted by atomic mass is 9.77. The number of anilines is 1. The Bertz CT molecular complexity index is 875. The molecule has 0 saturated heterocycles. The van der Waals surface area contributed by atoms with Gasteiger partial charge in [0.15, 0.2) is 0 Å². The standard InChI is InChI=1S/C20H23NO7/c1-5-26-18(24)14-11(4)28-20(16(14)22,19(25)27-6-2)15-12-9-10(3)7-8-13(12)21-17(15)23/h7-9,15-16,22H,5-6H2,1-4H3,(H,21,23)/t15-,16+,20+/m1/s1. The maximum absolute atomic E-state index is 13.0. The number of hydrogen-bond acceptors (Lipinski definition) is 7. The van der Waals surface area contributed by atoms with Gasteiger partial charge in [-0.1, -0.05) is 17.7 Å². The van der Waals surface area contributed by atoms with Crippen molar-refractivity contribution in [2.75, 3.05) is 18.5 Å². The minimum atomic E-state index is -2.12. The average molecular weight is 389 g/mol. The third kappa shape index (κ3) is 2.84. The van der Waals surface area contributed by atoms with Gasteiger partial charge >= 0.3 is 11.9 Å².